The fourth-order valence-corrected chi connectivity index (χ4v) is 2.58. The predicted molar refractivity (Wildman–Crippen MR) is 78.3 cm³/mol. The molecule has 0 bridgehead atoms. The molecule has 0 saturated carbocycles. The van der Waals surface area contributed by atoms with Gasteiger partial charge >= 0.3 is 0 Å². The maximum absolute atomic E-state index is 5.45. The van der Waals surface area contributed by atoms with Crippen LogP contribution in [0, 0.1) is 0 Å². The van der Waals surface area contributed by atoms with Gasteiger partial charge in [-0.25, -0.2) is 0 Å². The molecule has 3 heteroatoms. The number of fused-ring (bicyclic) bond motifs is 1. The van der Waals surface area contributed by atoms with Crippen molar-refractivity contribution in [3.63, 3.8) is 0 Å². The summed E-state index contributed by atoms with van der Waals surface area (Å²) in [5, 5.41) is 9.62. The Hall–Kier alpha value is -1.42. The van der Waals surface area contributed by atoms with Gasteiger partial charge in [-0.1, -0.05) is 42.5 Å². The molecule has 1 aliphatic heterocycles. The molecule has 1 fully saturated rings. The van der Waals surface area contributed by atoms with Crippen LogP contribution < -0.4 is 10.6 Å². The van der Waals surface area contributed by atoms with Crippen LogP contribution in [0.15, 0.2) is 42.5 Å². The van der Waals surface area contributed by atoms with Gasteiger partial charge in [0, 0.05) is 25.7 Å². The van der Waals surface area contributed by atoms with E-state index in [0.717, 1.165) is 32.8 Å². The van der Waals surface area contributed by atoms with E-state index >= 15 is 0 Å². The number of rotatable bonds is 4. The number of morpholine rings is 1. The SMILES string of the molecule is c1ccc2c(CNCC3COCCN3)cccc2c1. The number of hydrogen-bond donors (Lipinski definition) is 2. The number of benzene rings is 2. The van der Waals surface area contributed by atoms with Crippen LogP contribution in [-0.4, -0.2) is 32.3 Å². The number of ether oxygens (including phenoxy) is 1. The average molecular weight is 256 g/mol. The molecule has 3 nitrogen and oxygen atoms in total. The molecule has 0 radical (unpaired) electrons. The predicted octanol–water partition coefficient (Wildman–Crippen LogP) is 1.92. The van der Waals surface area contributed by atoms with Crippen LogP contribution >= 0.6 is 0 Å². The third-order valence-electron chi connectivity index (χ3n) is 3.58. The first-order valence-corrected chi connectivity index (χ1v) is 6.92. The summed E-state index contributed by atoms with van der Waals surface area (Å²) in [6.07, 6.45) is 0. The van der Waals surface area contributed by atoms with Gasteiger partial charge in [0.15, 0.2) is 0 Å². The zero-order valence-corrected chi connectivity index (χ0v) is 11.1. The molecule has 0 spiro atoms. The molecule has 1 aliphatic rings. The molecule has 0 aliphatic carbocycles. The summed E-state index contributed by atoms with van der Waals surface area (Å²) >= 11 is 0. The lowest BCUT2D eigenvalue weighted by molar-refractivity contribution is 0.0766. The Bertz CT molecular complexity index is 530. The fourth-order valence-electron chi connectivity index (χ4n) is 2.58. The van der Waals surface area contributed by atoms with Gasteiger partial charge in [-0.3, -0.25) is 0 Å². The highest BCUT2D eigenvalue weighted by Crippen LogP contribution is 2.18. The van der Waals surface area contributed by atoms with Gasteiger partial charge in [-0.15, -0.1) is 0 Å². The highest BCUT2D eigenvalue weighted by molar-refractivity contribution is 5.85. The zero-order chi connectivity index (χ0) is 12.9. The molecule has 2 N–H and O–H groups in total. The highest BCUT2D eigenvalue weighted by atomic mass is 16.5. The molecule has 2 aromatic carbocycles. The van der Waals surface area contributed by atoms with Crippen molar-refractivity contribution in [2.45, 2.75) is 12.6 Å². The van der Waals surface area contributed by atoms with Crippen molar-refractivity contribution in [3.05, 3.63) is 48.0 Å². The third-order valence-corrected chi connectivity index (χ3v) is 3.58. The molecule has 100 valence electrons. The van der Waals surface area contributed by atoms with Crippen LogP contribution in [0.5, 0.6) is 0 Å². The van der Waals surface area contributed by atoms with E-state index in [-0.39, 0.29) is 0 Å². The Balaban J connectivity index is 1.62. The zero-order valence-electron chi connectivity index (χ0n) is 11.1. The van der Waals surface area contributed by atoms with Crippen LogP contribution in [0.1, 0.15) is 5.56 Å². The van der Waals surface area contributed by atoms with Gasteiger partial charge in [0.1, 0.15) is 0 Å². The topological polar surface area (TPSA) is 33.3 Å². The Morgan fingerprint density at radius 1 is 1.16 bits per heavy atom. The second-order valence-electron chi connectivity index (χ2n) is 5.00. The normalized spacial score (nSPS) is 19.7. The number of nitrogens with one attached hydrogen (secondary N) is 2. The Labute approximate surface area is 114 Å². The molecule has 1 unspecified atom stereocenters. The van der Waals surface area contributed by atoms with Crippen molar-refractivity contribution in [1.82, 2.24) is 10.6 Å². The van der Waals surface area contributed by atoms with Gasteiger partial charge in [0.2, 0.25) is 0 Å². The molecule has 1 saturated heterocycles. The molecule has 3 rings (SSSR count). The van der Waals surface area contributed by atoms with Crippen molar-refractivity contribution in [3.8, 4) is 0 Å². The summed E-state index contributed by atoms with van der Waals surface area (Å²) in [7, 11) is 0. The van der Waals surface area contributed by atoms with Crippen LogP contribution in [0.4, 0.5) is 0 Å². The average Bonchev–Trinajstić information content (AvgIpc) is 2.49. The molecule has 2 aromatic rings. The second kappa shape index (κ2) is 6.15. The first-order valence-electron chi connectivity index (χ1n) is 6.92. The Kier molecular flexibility index (Phi) is 4.08. The monoisotopic (exact) mass is 256 g/mol. The van der Waals surface area contributed by atoms with E-state index in [2.05, 4.69) is 53.1 Å². The minimum atomic E-state index is 0.434. The molecular weight excluding hydrogens is 236 g/mol. The lowest BCUT2D eigenvalue weighted by atomic mass is 10.0. The highest BCUT2D eigenvalue weighted by Gasteiger charge is 2.12. The van der Waals surface area contributed by atoms with E-state index in [1.807, 2.05) is 0 Å². The molecule has 19 heavy (non-hydrogen) atoms. The molecule has 0 aromatic heterocycles. The largest absolute Gasteiger partial charge is 0.378 e. The van der Waals surface area contributed by atoms with Crippen LogP contribution in [0.3, 0.4) is 0 Å². The minimum absolute atomic E-state index is 0.434. The van der Waals surface area contributed by atoms with Crippen molar-refractivity contribution in [2.24, 2.45) is 0 Å². The summed E-state index contributed by atoms with van der Waals surface area (Å²) in [5.41, 5.74) is 1.36. The van der Waals surface area contributed by atoms with E-state index in [4.69, 9.17) is 4.74 Å². The summed E-state index contributed by atoms with van der Waals surface area (Å²) in [6, 6.07) is 15.5. The van der Waals surface area contributed by atoms with E-state index in [1.165, 1.54) is 16.3 Å². The van der Waals surface area contributed by atoms with Crippen LogP contribution in [0.25, 0.3) is 10.8 Å². The quantitative estimate of drug-likeness (QED) is 0.877. The van der Waals surface area contributed by atoms with Crippen LogP contribution in [-0.2, 0) is 11.3 Å². The maximum Gasteiger partial charge on any atom is 0.0632 e. The van der Waals surface area contributed by atoms with Gasteiger partial charge < -0.3 is 15.4 Å². The van der Waals surface area contributed by atoms with Crippen LogP contribution in [0.2, 0.25) is 0 Å². The standard InChI is InChI=1S/C16H20N2O/c1-2-7-16-13(4-1)5-3-6-14(16)10-17-11-15-12-19-9-8-18-15/h1-7,15,17-18H,8-12H2. The summed E-state index contributed by atoms with van der Waals surface area (Å²) < 4.78 is 5.45. The summed E-state index contributed by atoms with van der Waals surface area (Å²) in [5.74, 6) is 0. The molecule has 1 atom stereocenters. The fraction of sp³-hybridized carbons (Fsp3) is 0.375. The van der Waals surface area contributed by atoms with E-state index < -0.39 is 0 Å². The maximum atomic E-state index is 5.45. The van der Waals surface area contributed by atoms with Crippen molar-refractivity contribution < 1.29 is 4.74 Å². The second-order valence-corrected chi connectivity index (χ2v) is 5.00. The van der Waals surface area contributed by atoms with Gasteiger partial charge in [-0.2, -0.15) is 0 Å². The minimum Gasteiger partial charge on any atom is -0.378 e. The molecular formula is C16H20N2O. The van der Waals surface area contributed by atoms with E-state index in [9.17, 15) is 0 Å². The first-order chi connectivity index (χ1) is 9.43. The Morgan fingerprint density at radius 3 is 2.95 bits per heavy atom. The smallest absolute Gasteiger partial charge is 0.0632 e. The number of hydrogen-bond acceptors (Lipinski definition) is 3. The van der Waals surface area contributed by atoms with E-state index in [1.54, 1.807) is 0 Å². The van der Waals surface area contributed by atoms with Crippen molar-refractivity contribution >= 4 is 10.8 Å². The lowest BCUT2D eigenvalue weighted by Crippen LogP contribution is -2.47. The van der Waals surface area contributed by atoms with Gasteiger partial charge in [-0.05, 0) is 16.3 Å². The molecule has 0 amide bonds. The Morgan fingerprint density at radius 2 is 2.05 bits per heavy atom. The van der Waals surface area contributed by atoms with Gasteiger partial charge in [0.05, 0.1) is 13.2 Å². The summed E-state index contributed by atoms with van der Waals surface area (Å²) in [6.45, 7) is 4.45. The van der Waals surface area contributed by atoms with Gasteiger partial charge in [0.25, 0.3) is 0 Å². The first kappa shape index (κ1) is 12.6. The van der Waals surface area contributed by atoms with Crippen molar-refractivity contribution in [2.75, 3.05) is 26.3 Å². The van der Waals surface area contributed by atoms with Crippen molar-refractivity contribution in [1.29, 1.82) is 0 Å². The summed E-state index contributed by atoms with van der Waals surface area (Å²) in [4.78, 5) is 0. The molecule has 1 heterocycles. The lowest BCUT2D eigenvalue weighted by Gasteiger charge is -2.24. The van der Waals surface area contributed by atoms with E-state index in [0.29, 0.717) is 6.04 Å². The third kappa shape index (κ3) is 3.13.